The van der Waals surface area contributed by atoms with Gasteiger partial charge in [0.05, 0.1) is 6.04 Å². The molecule has 0 fully saturated rings. The van der Waals surface area contributed by atoms with Crippen LogP contribution in [0.4, 0.5) is 13.2 Å². The lowest BCUT2D eigenvalue weighted by atomic mass is 10.1. The van der Waals surface area contributed by atoms with Gasteiger partial charge in [0, 0.05) is 11.8 Å². The molecule has 1 N–H and O–H groups in total. The maximum Gasteiger partial charge on any atom is 0.573 e. The van der Waals surface area contributed by atoms with Crippen molar-refractivity contribution in [2.75, 3.05) is 0 Å². The van der Waals surface area contributed by atoms with Crippen LogP contribution in [-0.2, 0) is 11.3 Å². The van der Waals surface area contributed by atoms with E-state index in [1.54, 1.807) is 22.9 Å². The lowest BCUT2D eigenvalue weighted by Crippen LogP contribution is -2.30. The molecule has 2 aromatic carbocycles. The molecule has 0 aliphatic carbocycles. The zero-order valence-electron chi connectivity index (χ0n) is 18.3. The Hall–Kier alpha value is -4.08. The van der Waals surface area contributed by atoms with Crippen LogP contribution in [0.5, 0.6) is 5.75 Å². The minimum absolute atomic E-state index is 0.0414. The molecule has 2 heterocycles. The van der Waals surface area contributed by atoms with Crippen LogP contribution in [0.3, 0.4) is 0 Å². The summed E-state index contributed by atoms with van der Waals surface area (Å²) in [6, 6.07) is 16.4. The Labute approximate surface area is 193 Å². The van der Waals surface area contributed by atoms with E-state index in [0.29, 0.717) is 11.3 Å². The Kier molecular flexibility index (Phi) is 6.40. The molecule has 0 aliphatic rings. The van der Waals surface area contributed by atoms with Crippen molar-refractivity contribution in [2.45, 2.75) is 32.8 Å². The van der Waals surface area contributed by atoms with Crippen molar-refractivity contribution in [1.29, 1.82) is 0 Å². The van der Waals surface area contributed by atoms with E-state index in [1.165, 1.54) is 24.3 Å². The number of benzene rings is 2. The first-order valence-corrected chi connectivity index (χ1v) is 10.4. The van der Waals surface area contributed by atoms with Crippen LogP contribution < -0.4 is 10.1 Å². The van der Waals surface area contributed by atoms with Crippen LogP contribution in [0.1, 0.15) is 24.1 Å². The third kappa shape index (κ3) is 5.64. The van der Waals surface area contributed by atoms with E-state index >= 15 is 0 Å². The van der Waals surface area contributed by atoms with Gasteiger partial charge >= 0.3 is 6.36 Å². The molecule has 7 nitrogen and oxygen atoms in total. The summed E-state index contributed by atoms with van der Waals surface area (Å²) < 4.78 is 47.9. The number of aryl methyl sites for hydroxylation is 1. The van der Waals surface area contributed by atoms with Gasteiger partial charge in [0.25, 0.3) is 5.89 Å². The third-order valence-electron chi connectivity index (χ3n) is 5.09. The Balaban J connectivity index is 1.43. The minimum Gasteiger partial charge on any atom is -0.406 e. The highest BCUT2D eigenvalue weighted by molar-refractivity contribution is 5.77. The third-order valence-corrected chi connectivity index (χ3v) is 5.09. The summed E-state index contributed by atoms with van der Waals surface area (Å²) >= 11 is 0. The molecular formula is C24H21F3N4O3. The second-order valence-corrected chi connectivity index (χ2v) is 7.72. The van der Waals surface area contributed by atoms with Crippen molar-refractivity contribution in [3.05, 3.63) is 78.0 Å². The van der Waals surface area contributed by atoms with Crippen molar-refractivity contribution < 1.29 is 27.2 Å². The van der Waals surface area contributed by atoms with Crippen molar-refractivity contribution >= 4 is 5.91 Å². The first-order chi connectivity index (χ1) is 16.2. The molecule has 0 aliphatic heterocycles. The van der Waals surface area contributed by atoms with E-state index in [2.05, 4.69) is 20.2 Å². The van der Waals surface area contributed by atoms with Gasteiger partial charge in [0.2, 0.25) is 11.7 Å². The molecule has 2 aromatic heterocycles. The van der Waals surface area contributed by atoms with E-state index in [-0.39, 0.29) is 36.0 Å². The van der Waals surface area contributed by atoms with Gasteiger partial charge in [0.1, 0.15) is 18.0 Å². The predicted octanol–water partition coefficient (Wildman–Crippen LogP) is 5.29. The summed E-state index contributed by atoms with van der Waals surface area (Å²) in [5.41, 5.74) is 3.13. The van der Waals surface area contributed by atoms with Crippen LogP contribution in [0.2, 0.25) is 0 Å². The number of nitrogens with zero attached hydrogens (tertiary/aromatic N) is 3. The Morgan fingerprint density at radius 2 is 1.82 bits per heavy atom. The quantitative estimate of drug-likeness (QED) is 0.397. The van der Waals surface area contributed by atoms with E-state index in [1.807, 2.05) is 38.1 Å². The molecule has 1 amide bonds. The number of nitrogens with one attached hydrogen (secondary N) is 1. The Morgan fingerprint density at radius 1 is 1.12 bits per heavy atom. The molecule has 1 atom stereocenters. The maximum absolute atomic E-state index is 12.6. The highest BCUT2D eigenvalue weighted by Crippen LogP contribution is 2.27. The fourth-order valence-electron chi connectivity index (χ4n) is 3.38. The van der Waals surface area contributed by atoms with Gasteiger partial charge in [-0.2, -0.15) is 4.98 Å². The number of carbonyl (C=O) groups is 1. The highest BCUT2D eigenvalue weighted by atomic mass is 19.4. The molecular weight excluding hydrogens is 449 g/mol. The lowest BCUT2D eigenvalue weighted by Gasteiger charge is -2.15. The first kappa shape index (κ1) is 23.1. The number of aromatic nitrogens is 3. The fourth-order valence-corrected chi connectivity index (χ4v) is 3.38. The monoisotopic (exact) mass is 470 g/mol. The van der Waals surface area contributed by atoms with Crippen LogP contribution in [0, 0.1) is 6.92 Å². The summed E-state index contributed by atoms with van der Waals surface area (Å²) in [6.07, 6.45) is -3.05. The largest absolute Gasteiger partial charge is 0.573 e. The molecule has 0 bridgehead atoms. The molecule has 0 unspecified atom stereocenters. The molecule has 10 heteroatoms. The van der Waals surface area contributed by atoms with Gasteiger partial charge in [-0.1, -0.05) is 35.0 Å². The Bertz CT molecular complexity index is 1260. The number of hydrogen-bond acceptors (Lipinski definition) is 5. The van der Waals surface area contributed by atoms with Gasteiger partial charge in [-0.25, -0.2) is 0 Å². The van der Waals surface area contributed by atoms with Gasteiger partial charge in [-0.15, -0.1) is 13.2 Å². The second-order valence-electron chi connectivity index (χ2n) is 7.72. The van der Waals surface area contributed by atoms with Crippen LogP contribution >= 0.6 is 0 Å². The van der Waals surface area contributed by atoms with Gasteiger partial charge < -0.3 is 19.1 Å². The number of rotatable bonds is 7. The van der Waals surface area contributed by atoms with E-state index < -0.39 is 6.36 Å². The van der Waals surface area contributed by atoms with Gasteiger partial charge in [-0.3, -0.25) is 4.79 Å². The minimum atomic E-state index is -4.77. The fraction of sp³-hybridized carbons (Fsp3) is 0.208. The number of halogens is 3. The van der Waals surface area contributed by atoms with E-state index in [0.717, 1.165) is 11.1 Å². The zero-order chi connectivity index (χ0) is 24.3. The summed E-state index contributed by atoms with van der Waals surface area (Å²) in [5.74, 6) is -0.168. The SMILES string of the molecule is Cc1ccc([C@H](C)NC(=O)Cn2cccc2-c2nc(-c3ccc(OC(F)(F)F)cc3)no2)cc1. The standard InChI is InChI=1S/C24H21F3N4O3/c1-15-5-7-17(8-6-15)16(2)28-21(32)14-31-13-3-4-20(31)23-29-22(30-34-23)18-9-11-19(12-10-18)33-24(25,26)27/h3-13,16H,14H2,1-2H3,(H,28,32)/t16-/m0/s1. The summed E-state index contributed by atoms with van der Waals surface area (Å²) in [6.45, 7) is 3.95. The van der Waals surface area contributed by atoms with Crippen LogP contribution in [-0.4, -0.2) is 27.0 Å². The van der Waals surface area contributed by atoms with E-state index in [9.17, 15) is 18.0 Å². The molecule has 4 rings (SSSR count). The van der Waals surface area contributed by atoms with Crippen molar-refractivity contribution in [3.8, 4) is 28.7 Å². The highest BCUT2D eigenvalue weighted by Gasteiger charge is 2.31. The molecule has 4 aromatic rings. The van der Waals surface area contributed by atoms with Gasteiger partial charge in [0.15, 0.2) is 0 Å². The molecule has 0 spiro atoms. The predicted molar refractivity (Wildman–Crippen MR) is 118 cm³/mol. The molecule has 0 saturated heterocycles. The number of alkyl halides is 3. The zero-order valence-corrected chi connectivity index (χ0v) is 18.3. The number of ether oxygens (including phenoxy) is 1. The number of carbonyl (C=O) groups excluding carboxylic acids is 1. The van der Waals surface area contributed by atoms with Crippen molar-refractivity contribution in [1.82, 2.24) is 20.0 Å². The number of amides is 1. The molecule has 34 heavy (non-hydrogen) atoms. The van der Waals surface area contributed by atoms with Gasteiger partial charge in [-0.05, 0) is 55.8 Å². The molecule has 0 radical (unpaired) electrons. The van der Waals surface area contributed by atoms with Crippen molar-refractivity contribution in [2.24, 2.45) is 0 Å². The maximum atomic E-state index is 12.6. The topological polar surface area (TPSA) is 82.2 Å². The molecule has 0 saturated carbocycles. The first-order valence-electron chi connectivity index (χ1n) is 10.4. The lowest BCUT2D eigenvalue weighted by molar-refractivity contribution is -0.274. The normalized spacial score (nSPS) is 12.4. The van der Waals surface area contributed by atoms with E-state index in [4.69, 9.17) is 4.52 Å². The van der Waals surface area contributed by atoms with Crippen LogP contribution in [0.25, 0.3) is 23.0 Å². The Morgan fingerprint density at radius 3 is 2.50 bits per heavy atom. The molecule has 176 valence electrons. The summed E-state index contributed by atoms with van der Waals surface area (Å²) in [5, 5.41) is 6.87. The van der Waals surface area contributed by atoms with Crippen molar-refractivity contribution in [3.63, 3.8) is 0 Å². The number of hydrogen-bond donors (Lipinski definition) is 1. The van der Waals surface area contributed by atoms with Crippen LogP contribution in [0.15, 0.2) is 71.4 Å². The average Bonchev–Trinajstić information content (AvgIpc) is 3.43. The summed E-state index contributed by atoms with van der Waals surface area (Å²) in [4.78, 5) is 16.9. The average molecular weight is 470 g/mol. The second kappa shape index (κ2) is 9.42. The smallest absolute Gasteiger partial charge is 0.406 e. The summed E-state index contributed by atoms with van der Waals surface area (Å²) in [7, 11) is 0.